The molecule has 0 radical (unpaired) electrons. The molecule has 13 heavy (non-hydrogen) atoms. The predicted octanol–water partition coefficient (Wildman–Crippen LogP) is 1.47. The Morgan fingerprint density at radius 1 is 1.46 bits per heavy atom. The zero-order valence-electron chi connectivity index (χ0n) is 8.36. The molecule has 76 valence electrons. The van der Waals surface area contributed by atoms with E-state index in [2.05, 4.69) is 13.8 Å². The van der Waals surface area contributed by atoms with Crippen LogP contribution in [0, 0.1) is 17.8 Å². The minimum Gasteiger partial charge on any atom is -0.481 e. The van der Waals surface area contributed by atoms with Gasteiger partial charge in [-0.25, -0.2) is 0 Å². The summed E-state index contributed by atoms with van der Waals surface area (Å²) in [5.74, 6) is 0.205. The van der Waals surface area contributed by atoms with Gasteiger partial charge in [0.05, 0.1) is 5.92 Å². The highest BCUT2D eigenvalue weighted by Gasteiger charge is 2.33. The molecule has 3 nitrogen and oxygen atoms in total. The topological polar surface area (TPSA) is 63.3 Å². The van der Waals surface area contributed by atoms with Crippen LogP contribution in [0.5, 0.6) is 0 Å². The van der Waals surface area contributed by atoms with Gasteiger partial charge in [0.15, 0.2) is 0 Å². The predicted molar refractivity (Wildman–Crippen MR) is 51.3 cm³/mol. The van der Waals surface area contributed by atoms with Gasteiger partial charge in [-0.3, -0.25) is 4.79 Å². The quantitative estimate of drug-likeness (QED) is 0.684. The van der Waals surface area contributed by atoms with Gasteiger partial charge in [0, 0.05) is 6.04 Å². The Morgan fingerprint density at radius 3 is 2.46 bits per heavy atom. The lowest BCUT2D eigenvalue weighted by atomic mass is 9.74. The van der Waals surface area contributed by atoms with Gasteiger partial charge in [0.1, 0.15) is 0 Å². The first-order valence-corrected chi connectivity index (χ1v) is 5.00. The Balaban J connectivity index is 2.51. The highest BCUT2D eigenvalue weighted by Crippen LogP contribution is 2.32. The van der Waals surface area contributed by atoms with Crippen molar-refractivity contribution in [1.82, 2.24) is 0 Å². The van der Waals surface area contributed by atoms with Gasteiger partial charge in [0.2, 0.25) is 0 Å². The fourth-order valence-corrected chi connectivity index (χ4v) is 2.15. The molecular formula is C10H19NO2. The van der Waals surface area contributed by atoms with Gasteiger partial charge in [-0.2, -0.15) is 0 Å². The molecule has 0 aromatic carbocycles. The summed E-state index contributed by atoms with van der Waals surface area (Å²) in [6.45, 7) is 4.36. The molecular weight excluding hydrogens is 166 g/mol. The monoisotopic (exact) mass is 185 g/mol. The number of carbonyl (C=O) groups is 1. The van der Waals surface area contributed by atoms with E-state index in [0.717, 1.165) is 19.3 Å². The van der Waals surface area contributed by atoms with E-state index in [1.54, 1.807) is 0 Å². The third-order valence-corrected chi connectivity index (χ3v) is 3.20. The maximum Gasteiger partial charge on any atom is 0.308 e. The van der Waals surface area contributed by atoms with E-state index < -0.39 is 5.97 Å². The van der Waals surface area contributed by atoms with Crippen LogP contribution in [0.15, 0.2) is 0 Å². The van der Waals surface area contributed by atoms with Crippen molar-refractivity contribution < 1.29 is 9.90 Å². The molecule has 3 heteroatoms. The first kappa shape index (κ1) is 10.5. The van der Waals surface area contributed by atoms with E-state index in [4.69, 9.17) is 10.8 Å². The fraction of sp³-hybridized carbons (Fsp3) is 0.900. The van der Waals surface area contributed by atoms with E-state index in [1.807, 2.05) is 0 Å². The second kappa shape index (κ2) is 4.09. The van der Waals surface area contributed by atoms with E-state index in [1.165, 1.54) is 0 Å². The lowest BCUT2D eigenvalue weighted by molar-refractivity contribution is -0.143. The van der Waals surface area contributed by atoms with Crippen molar-refractivity contribution in [1.29, 1.82) is 0 Å². The summed E-state index contributed by atoms with van der Waals surface area (Å²) in [6, 6.07) is -0.140. The van der Waals surface area contributed by atoms with Crippen LogP contribution in [0.25, 0.3) is 0 Å². The number of hydrogen-bond acceptors (Lipinski definition) is 2. The second-order valence-electron chi connectivity index (χ2n) is 4.43. The lowest BCUT2D eigenvalue weighted by Crippen LogP contribution is -2.41. The van der Waals surface area contributed by atoms with Crippen molar-refractivity contribution in [2.45, 2.75) is 39.2 Å². The maximum atomic E-state index is 10.8. The lowest BCUT2D eigenvalue weighted by Gasteiger charge is -2.33. The van der Waals surface area contributed by atoms with Crippen molar-refractivity contribution >= 4 is 5.97 Å². The van der Waals surface area contributed by atoms with Crippen LogP contribution >= 0.6 is 0 Å². The van der Waals surface area contributed by atoms with Crippen LogP contribution in [-0.4, -0.2) is 17.1 Å². The molecule has 0 heterocycles. The molecule has 0 aromatic heterocycles. The van der Waals surface area contributed by atoms with Crippen LogP contribution in [0.4, 0.5) is 0 Å². The van der Waals surface area contributed by atoms with E-state index >= 15 is 0 Å². The van der Waals surface area contributed by atoms with Crippen LogP contribution in [0.2, 0.25) is 0 Å². The van der Waals surface area contributed by atoms with E-state index in [-0.39, 0.29) is 12.0 Å². The van der Waals surface area contributed by atoms with Gasteiger partial charge >= 0.3 is 5.97 Å². The van der Waals surface area contributed by atoms with Crippen molar-refractivity contribution in [2.75, 3.05) is 0 Å². The minimum absolute atomic E-state index is 0.140. The first-order chi connectivity index (χ1) is 6.02. The van der Waals surface area contributed by atoms with Crippen molar-refractivity contribution in [3.8, 4) is 0 Å². The molecule has 0 aromatic rings. The first-order valence-electron chi connectivity index (χ1n) is 5.00. The van der Waals surface area contributed by atoms with Crippen molar-refractivity contribution in [3.63, 3.8) is 0 Å². The van der Waals surface area contributed by atoms with Gasteiger partial charge in [-0.15, -0.1) is 0 Å². The summed E-state index contributed by atoms with van der Waals surface area (Å²) in [5, 5.41) is 8.85. The van der Waals surface area contributed by atoms with Gasteiger partial charge < -0.3 is 10.8 Å². The van der Waals surface area contributed by atoms with Gasteiger partial charge in [-0.05, 0) is 31.1 Å². The number of aliphatic carboxylic acids is 1. The number of carboxylic acid groups (broad SMARTS) is 1. The average molecular weight is 185 g/mol. The molecule has 1 saturated carbocycles. The Labute approximate surface area is 79.3 Å². The number of nitrogens with two attached hydrogens (primary N) is 1. The van der Waals surface area contributed by atoms with E-state index in [9.17, 15) is 4.79 Å². The number of rotatable bonds is 2. The molecule has 3 atom stereocenters. The Hall–Kier alpha value is -0.570. The highest BCUT2D eigenvalue weighted by molar-refractivity contribution is 5.71. The average Bonchev–Trinajstić information content (AvgIpc) is 2.03. The number of carboxylic acids is 1. The molecule has 0 saturated heterocycles. The van der Waals surface area contributed by atoms with Crippen LogP contribution in [-0.2, 0) is 4.79 Å². The minimum atomic E-state index is -0.727. The fourth-order valence-electron chi connectivity index (χ4n) is 2.15. The zero-order chi connectivity index (χ0) is 10.0. The van der Waals surface area contributed by atoms with Crippen molar-refractivity contribution in [2.24, 2.45) is 23.5 Å². The van der Waals surface area contributed by atoms with Crippen molar-refractivity contribution in [3.05, 3.63) is 0 Å². The molecule has 0 amide bonds. The largest absolute Gasteiger partial charge is 0.481 e. The summed E-state index contributed by atoms with van der Waals surface area (Å²) in [5.41, 5.74) is 5.83. The zero-order valence-corrected chi connectivity index (χ0v) is 8.36. The van der Waals surface area contributed by atoms with Crippen LogP contribution in [0.3, 0.4) is 0 Å². The molecule has 0 aliphatic heterocycles. The molecule has 1 rings (SSSR count). The summed E-state index contributed by atoms with van der Waals surface area (Å²) >= 11 is 0. The summed E-state index contributed by atoms with van der Waals surface area (Å²) < 4.78 is 0. The summed E-state index contributed by atoms with van der Waals surface area (Å²) in [7, 11) is 0. The molecule has 3 unspecified atom stereocenters. The normalized spacial score (nSPS) is 34.9. The molecule has 0 spiro atoms. The maximum absolute atomic E-state index is 10.8. The molecule has 0 bridgehead atoms. The third kappa shape index (κ3) is 2.44. The standard InChI is InChI=1S/C10H19NO2/c1-6(2)7-3-4-8(10(12)13)9(11)5-7/h6-9H,3-5,11H2,1-2H3,(H,12,13). The molecule has 1 fully saturated rings. The Bertz CT molecular complexity index is 191. The SMILES string of the molecule is CC(C)C1CCC(C(=O)O)C(N)C1. The molecule has 1 aliphatic rings. The van der Waals surface area contributed by atoms with Gasteiger partial charge in [0.25, 0.3) is 0 Å². The highest BCUT2D eigenvalue weighted by atomic mass is 16.4. The molecule has 1 aliphatic carbocycles. The third-order valence-electron chi connectivity index (χ3n) is 3.20. The smallest absolute Gasteiger partial charge is 0.308 e. The Morgan fingerprint density at radius 2 is 2.08 bits per heavy atom. The summed E-state index contributed by atoms with van der Waals surface area (Å²) in [6.07, 6.45) is 2.64. The second-order valence-corrected chi connectivity index (χ2v) is 4.43. The van der Waals surface area contributed by atoms with E-state index in [0.29, 0.717) is 11.8 Å². The van der Waals surface area contributed by atoms with Crippen LogP contribution < -0.4 is 5.73 Å². The molecule has 3 N–H and O–H groups in total. The number of hydrogen-bond donors (Lipinski definition) is 2. The van der Waals surface area contributed by atoms with Crippen LogP contribution in [0.1, 0.15) is 33.1 Å². The Kier molecular flexibility index (Phi) is 3.31. The van der Waals surface area contributed by atoms with Gasteiger partial charge in [-0.1, -0.05) is 13.8 Å². The summed E-state index contributed by atoms with van der Waals surface area (Å²) in [4.78, 5) is 10.8.